The zero-order chi connectivity index (χ0) is 11.0. The van der Waals surface area contributed by atoms with Crippen molar-refractivity contribution in [3.05, 3.63) is 35.9 Å². The number of Topliss-reactive ketones (excluding diaryl/α,β-unsaturated/α-hetero) is 1. The van der Waals surface area contributed by atoms with Crippen LogP contribution >= 0.6 is 0 Å². The Morgan fingerprint density at radius 1 is 1.12 bits per heavy atom. The highest BCUT2D eigenvalue weighted by molar-refractivity contribution is 5.88. The Morgan fingerprint density at radius 2 is 2.00 bits per heavy atom. The molecular weight excluding hydrogens is 204 g/mol. The molecule has 82 valence electrons. The van der Waals surface area contributed by atoms with Gasteiger partial charge in [-0.25, -0.2) is 0 Å². The minimum Gasteiger partial charge on any atom is -0.454 e. The van der Waals surface area contributed by atoms with Crippen LogP contribution in [-0.2, 0) is 4.79 Å². The topological polar surface area (TPSA) is 35.5 Å². The van der Waals surface area contributed by atoms with Gasteiger partial charge in [0.25, 0.3) is 0 Å². The Morgan fingerprint density at radius 3 is 2.88 bits per heavy atom. The molecule has 1 aromatic rings. The highest BCUT2D eigenvalue weighted by atomic mass is 16.7. The molecule has 1 atom stereocenters. The first-order valence-electron chi connectivity index (χ1n) is 5.42. The smallest absolute Gasteiger partial charge is 0.231 e. The van der Waals surface area contributed by atoms with Gasteiger partial charge >= 0.3 is 0 Å². The first-order chi connectivity index (χ1) is 7.84. The van der Waals surface area contributed by atoms with Gasteiger partial charge in [0, 0.05) is 12.3 Å². The summed E-state index contributed by atoms with van der Waals surface area (Å²) in [6, 6.07) is 5.75. The van der Waals surface area contributed by atoms with E-state index in [1.54, 1.807) is 0 Å². The lowest BCUT2D eigenvalue weighted by Crippen LogP contribution is -2.13. The number of carbonyl (C=O) groups is 1. The van der Waals surface area contributed by atoms with Crippen LogP contribution in [0.3, 0.4) is 0 Å². The number of fused-ring (bicyclic) bond motifs is 1. The van der Waals surface area contributed by atoms with Crippen molar-refractivity contribution >= 4 is 5.78 Å². The SMILES string of the molecule is O=C1CC=CCC1c1ccc2c(c1)OCO2. The largest absolute Gasteiger partial charge is 0.454 e. The third kappa shape index (κ3) is 1.48. The van der Waals surface area contributed by atoms with Crippen LogP contribution in [0, 0.1) is 0 Å². The summed E-state index contributed by atoms with van der Waals surface area (Å²) in [5.74, 6) is 1.78. The number of rotatable bonds is 1. The molecule has 1 heterocycles. The van der Waals surface area contributed by atoms with Gasteiger partial charge in [-0.2, -0.15) is 0 Å². The maximum absolute atomic E-state index is 11.8. The molecule has 0 amide bonds. The van der Waals surface area contributed by atoms with E-state index in [4.69, 9.17) is 9.47 Å². The molecular formula is C13H12O3. The van der Waals surface area contributed by atoms with Gasteiger partial charge in [-0.3, -0.25) is 4.79 Å². The lowest BCUT2D eigenvalue weighted by molar-refractivity contribution is -0.119. The van der Waals surface area contributed by atoms with E-state index < -0.39 is 0 Å². The molecule has 1 aliphatic heterocycles. The molecule has 0 spiro atoms. The maximum Gasteiger partial charge on any atom is 0.231 e. The van der Waals surface area contributed by atoms with E-state index in [2.05, 4.69) is 6.08 Å². The molecule has 16 heavy (non-hydrogen) atoms. The van der Waals surface area contributed by atoms with Crippen molar-refractivity contribution in [2.24, 2.45) is 0 Å². The molecule has 0 fully saturated rings. The summed E-state index contributed by atoms with van der Waals surface area (Å²) in [4.78, 5) is 11.8. The molecule has 0 N–H and O–H groups in total. The number of hydrogen-bond acceptors (Lipinski definition) is 3. The van der Waals surface area contributed by atoms with Crippen molar-refractivity contribution in [1.82, 2.24) is 0 Å². The molecule has 0 aromatic heterocycles. The van der Waals surface area contributed by atoms with E-state index in [0.717, 1.165) is 23.5 Å². The van der Waals surface area contributed by atoms with E-state index in [-0.39, 0.29) is 18.5 Å². The van der Waals surface area contributed by atoms with Gasteiger partial charge in [0.1, 0.15) is 5.78 Å². The number of allylic oxidation sites excluding steroid dienone is 2. The summed E-state index contributed by atoms with van der Waals surface area (Å²) >= 11 is 0. The lowest BCUT2D eigenvalue weighted by atomic mass is 9.86. The Balaban J connectivity index is 1.94. The molecule has 0 bridgehead atoms. The number of benzene rings is 1. The summed E-state index contributed by atoms with van der Waals surface area (Å²) in [7, 11) is 0. The van der Waals surface area contributed by atoms with Crippen LogP contribution < -0.4 is 9.47 Å². The van der Waals surface area contributed by atoms with Crippen molar-refractivity contribution in [3.63, 3.8) is 0 Å². The molecule has 0 saturated heterocycles. The average molecular weight is 216 g/mol. The molecule has 3 nitrogen and oxygen atoms in total. The highest BCUT2D eigenvalue weighted by Gasteiger charge is 2.23. The molecule has 3 heteroatoms. The van der Waals surface area contributed by atoms with Crippen molar-refractivity contribution in [3.8, 4) is 11.5 Å². The maximum atomic E-state index is 11.8. The van der Waals surface area contributed by atoms with E-state index in [0.29, 0.717) is 6.42 Å². The second-order valence-electron chi connectivity index (χ2n) is 4.04. The second-order valence-corrected chi connectivity index (χ2v) is 4.04. The molecule has 3 rings (SSSR count). The summed E-state index contributed by atoms with van der Waals surface area (Å²) in [5, 5.41) is 0. The fourth-order valence-corrected chi connectivity index (χ4v) is 2.16. The molecule has 0 saturated carbocycles. The first kappa shape index (κ1) is 9.46. The Labute approximate surface area is 93.7 Å². The first-order valence-corrected chi connectivity index (χ1v) is 5.42. The molecule has 1 aliphatic carbocycles. The van der Waals surface area contributed by atoms with Crippen molar-refractivity contribution in [2.45, 2.75) is 18.8 Å². The van der Waals surface area contributed by atoms with Gasteiger partial charge in [0.05, 0.1) is 0 Å². The van der Waals surface area contributed by atoms with E-state index in [9.17, 15) is 4.79 Å². The second kappa shape index (κ2) is 3.67. The number of carbonyl (C=O) groups excluding carboxylic acids is 1. The Bertz CT molecular complexity index is 462. The average Bonchev–Trinajstić information content (AvgIpc) is 2.76. The summed E-state index contributed by atoms with van der Waals surface area (Å²) < 4.78 is 10.6. The summed E-state index contributed by atoms with van der Waals surface area (Å²) in [5.41, 5.74) is 1.03. The van der Waals surface area contributed by atoms with E-state index in [1.807, 2.05) is 24.3 Å². The molecule has 1 aromatic carbocycles. The highest BCUT2D eigenvalue weighted by Crippen LogP contribution is 2.36. The van der Waals surface area contributed by atoms with Crippen LogP contribution in [0.25, 0.3) is 0 Å². The zero-order valence-corrected chi connectivity index (χ0v) is 8.81. The fourth-order valence-electron chi connectivity index (χ4n) is 2.16. The van der Waals surface area contributed by atoms with Crippen LogP contribution in [0.15, 0.2) is 30.4 Å². The van der Waals surface area contributed by atoms with Gasteiger partial charge in [0.15, 0.2) is 11.5 Å². The third-order valence-corrected chi connectivity index (χ3v) is 3.05. The van der Waals surface area contributed by atoms with Crippen LogP contribution in [0.2, 0.25) is 0 Å². The van der Waals surface area contributed by atoms with Crippen molar-refractivity contribution in [1.29, 1.82) is 0 Å². The van der Waals surface area contributed by atoms with Gasteiger partial charge in [-0.15, -0.1) is 0 Å². The van der Waals surface area contributed by atoms with Crippen molar-refractivity contribution < 1.29 is 14.3 Å². The predicted octanol–water partition coefficient (Wildman–Crippen LogP) is 2.42. The van der Waals surface area contributed by atoms with Gasteiger partial charge in [-0.1, -0.05) is 18.2 Å². The fraction of sp³-hybridized carbons (Fsp3) is 0.308. The third-order valence-electron chi connectivity index (χ3n) is 3.05. The molecule has 2 aliphatic rings. The summed E-state index contributed by atoms with van der Waals surface area (Å²) in [6.45, 7) is 0.275. The minimum absolute atomic E-state index is 0.0144. The van der Waals surface area contributed by atoms with E-state index in [1.165, 1.54) is 0 Å². The zero-order valence-electron chi connectivity index (χ0n) is 8.81. The predicted molar refractivity (Wildman–Crippen MR) is 58.7 cm³/mol. The monoisotopic (exact) mass is 216 g/mol. The number of ketones is 1. The van der Waals surface area contributed by atoms with Crippen LogP contribution in [-0.4, -0.2) is 12.6 Å². The van der Waals surface area contributed by atoms with Gasteiger partial charge in [0.2, 0.25) is 6.79 Å². The standard InChI is InChI=1S/C13H12O3/c14-11-4-2-1-3-10(11)9-5-6-12-13(7-9)16-8-15-12/h1-2,5-7,10H,3-4,8H2. The Kier molecular flexibility index (Phi) is 2.17. The minimum atomic E-state index is -0.0144. The summed E-state index contributed by atoms with van der Waals surface area (Å²) in [6.07, 6.45) is 5.33. The quantitative estimate of drug-likeness (QED) is 0.676. The number of hydrogen-bond donors (Lipinski definition) is 0. The normalized spacial score (nSPS) is 22.5. The van der Waals surface area contributed by atoms with Crippen LogP contribution in [0.1, 0.15) is 24.3 Å². The number of ether oxygens (including phenoxy) is 2. The van der Waals surface area contributed by atoms with E-state index >= 15 is 0 Å². The molecule has 1 unspecified atom stereocenters. The van der Waals surface area contributed by atoms with Crippen molar-refractivity contribution in [2.75, 3.05) is 6.79 Å². The van der Waals surface area contributed by atoms with Gasteiger partial charge < -0.3 is 9.47 Å². The lowest BCUT2D eigenvalue weighted by Gasteiger charge is -2.17. The van der Waals surface area contributed by atoms with Crippen LogP contribution in [0.4, 0.5) is 0 Å². The molecule has 0 radical (unpaired) electrons. The van der Waals surface area contributed by atoms with Gasteiger partial charge in [-0.05, 0) is 24.1 Å². The Hall–Kier alpha value is -1.77. The van der Waals surface area contributed by atoms with Crippen LogP contribution in [0.5, 0.6) is 11.5 Å².